The van der Waals surface area contributed by atoms with Crippen molar-refractivity contribution in [1.82, 2.24) is 0 Å². The summed E-state index contributed by atoms with van der Waals surface area (Å²) >= 11 is 6.67. The highest BCUT2D eigenvalue weighted by atomic mass is 79.9. The Morgan fingerprint density at radius 1 is 1.04 bits per heavy atom. The van der Waals surface area contributed by atoms with E-state index in [0.717, 1.165) is 17.7 Å². The lowest BCUT2D eigenvalue weighted by Crippen LogP contribution is -2.21. The van der Waals surface area contributed by atoms with Crippen LogP contribution < -0.4 is 5.32 Å². The molecule has 0 unspecified atom stereocenters. The molecular weight excluding hydrogens is 462 g/mol. The number of nitrogens with one attached hydrogen (secondary N) is 1. The van der Waals surface area contributed by atoms with E-state index in [9.17, 15) is 24.9 Å². The van der Waals surface area contributed by atoms with E-state index >= 15 is 0 Å². The predicted molar refractivity (Wildman–Crippen MR) is 96.9 cm³/mol. The van der Waals surface area contributed by atoms with Crippen LogP contribution in [-0.2, 0) is 9.53 Å². The van der Waals surface area contributed by atoms with E-state index < -0.39 is 35.7 Å². The molecule has 2 rings (SSSR count). The second-order valence-corrected chi connectivity index (χ2v) is 6.80. The van der Waals surface area contributed by atoms with Gasteiger partial charge in [-0.3, -0.25) is 4.79 Å². The van der Waals surface area contributed by atoms with Crippen LogP contribution in [0.1, 0.15) is 15.9 Å². The maximum absolute atomic E-state index is 12.0. The van der Waals surface area contributed by atoms with E-state index in [1.807, 2.05) is 19.1 Å². The minimum Gasteiger partial charge on any atom is -0.504 e. The van der Waals surface area contributed by atoms with Gasteiger partial charge < -0.3 is 25.4 Å². The number of aromatic hydroxyl groups is 3. The minimum atomic E-state index is -0.942. The Hall–Kier alpha value is -2.26. The highest BCUT2D eigenvalue weighted by molar-refractivity contribution is 9.11. The molecule has 7 nitrogen and oxygen atoms in total. The van der Waals surface area contributed by atoms with Gasteiger partial charge in [0.05, 0.1) is 11.3 Å². The van der Waals surface area contributed by atoms with Crippen LogP contribution in [0.4, 0.5) is 5.69 Å². The molecule has 0 bridgehead atoms. The molecular formula is C16H13Br2NO6. The van der Waals surface area contributed by atoms with Crippen molar-refractivity contribution in [3.05, 3.63) is 44.3 Å². The number of hydrogen-bond acceptors (Lipinski definition) is 6. The van der Waals surface area contributed by atoms with Crippen LogP contribution in [0.2, 0.25) is 0 Å². The largest absolute Gasteiger partial charge is 0.504 e. The van der Waals surface area contributed by atoms with E-state index in [1.54, 1.807) is 0 Å². The van der Waals surface area contributed by atoms with Crippen LogP contribution >= 0.6 is 31.9 Å². The van der Waals surface area contributed by atoms with Gasteiger partial charge in [-0.05, 0) is 68.6 Å². The third-order valence-corrected chi connectivity index (χ3v) is 4.34. The quantitative estimate of drug-likeness (QED) is 0.398. The summed E-state index contributed by atoms with van der Waals surface area (Å²) in [7, 11) is 0. The maximum Gasteiger partial charge on any atom is 0.338 e. The standard InChI is InChI=1S/C16H13Br2NO6/c1-7-2-9(17)14(10(18)3-7)19-13(22)6-25-16(24)8-4-11(20)15(23)12(21)5-8/h2-5,20-21,23H,6H2,1H3,(H,19,22). The molecule has 0 aliphatic heterocycles. The monoisotopic (exact) mass is 473 g/mol. The van der Waals surface area contributed by atoms with Crippen LogP contribution in [0.5, 0.6) is 17.2 Å². The van der Waals surface area contributed by atoms with Gasteiger partial charge in [0.1, 0.15) is 0 Å². The fourth-order valence-corrected chi connectivity index (χ4v) is 3.54. The topological polar surface area (TPSA) is 116 Å². The molecule has 0 aliphatic carbocycles. The smallest absolute Gasteiger partial charge is 0.338 e. The van der Waals surface area contributed by atoms with Gasteiger partial charge in [-0.25, -0.2) is 4.79 Å². The first-order valence-electron chi connectivity index (χ1n) is 6.86. The van der Waals surface area contributed by atoms with E-state index in [0.29, 0.717) is 14.6 Å². The Balaban J connectivity index is 2.02. The van der Waals surface area contributed by atoms with Gasteiger partial charge in [-0.15, -0.1) is 0 Å². The molecule has 9 heteroatoms. The van der Waals surface area contributed by atoms with E-state index in [2.05, 4.69) is 37.2 Å². The lowest BCUT2D eigenvalue weighted by molar-refractivity contribution is -0.119. The fraction of sp³-hybridized carbons (Fsp3) is 0.125. The molecule has 0 heterocycles. The Kier molecular flexibility index (Phi) is 5.91. The third kappa shape index (κ3) is 4.64. The second kappa shape index (κ2) is 7.75. The van der Waals surface area contributed by atoms with Crippen LogP contribution in [0, 0.1) is 6.92 Å². The normalized spacial score (nSPS) is 10.4. The molecule has 0 aromatic heterocycles. The molecule has 0 atom stereocenters. The summed E-state index contributed by atoms with van der Waals surface area (Å²) in [5.41, 5.74) is 1.26. The lowest BCUT2D eigenvalue weighted by atomic mass is 10.2. The molecule has 0 fully saturated rings. The zero-order valence-corrected chi connectivity index (χ0v) is 16.0. The number of phenols is 3. The number of carbonyl (C=O) groups is 2. The summed E-state index contributed by atoms with van der Waals surface area (Å²) in [5, 5.41) is 30.6. The highest BCUT2D eigenvalue weighted by Crippen LogP contribution is 2.35. The van der Waals surface area contributed by atoms with Gasteiger partial charge in [0, 0.05) is 8.95 Å². The third-order valence-electron chi connectivity index (χ3n) is 3.09. The number of rotatable bonds is 4. The van der Waals surface area contributed by atoms with Gasteiger partial charge in [0.15, 0.2) is 23.9 Å². The number of carbonyl (C=O) groups excluding carboxylic acids is 2. The number of hydrogen-bond donors (Lipinski definition) is 4. The molecule has 25 heavy (non-hydrogen) atoms. The van der Waals surface area contributed by atoms with Crippen molar-refractivity contribution in [3.63, 3.8) is 0 Å². The Labute approximate surface area is 159 Å². The number of aryl methyl sites for hydroxylation is 1. The fourth-order valence-electron chi connectivity index (χ4n) is 1.93. The Morgan fingerprint density at radius 2 is 1.56 bits per heavy atom. The molecule has 2 aromatic carbocycles. The first-order valence-corrected chi connectivity index (χ1v) is 8.45. The SMILES string of the molecule is Cc1cc(Br)c(NC(=O)COC(=O)c2cc(O)c(O)c(O)c2)c(Br)c1. The summed E-state index contributed by atoms with van der Waals surface area (Å²) in [5.74, 6) is -3.62. The average Bonchev–Trinajstić information content (AvgIpc) is 2.53. The first kappa shape index (κ1) is 19.1. The van der Waals surface area contributed by atoms with Gasteiger partial charge in [0.25, 0.3) is 5.91 Å². The maximum atomic E-state index is 12.0. The predicted octanol–water partition coefficient (Wildman–Crippen LogP) is 3.43. The molecule has 1 amide bonds. The number of amides is 1. The van der Waals surface area contributed by atoms with Crippen molar-refractivity contribution in [2.24, 2.45) is 0 Å². The van der Waals surface area contributed by atoms with Crippen molar-refractivity contribution in [1.29, 1.82) is 0 Å². The number of phenolic OH excluding ortho intramolecular Hbond substituents is 3. The molecule has 0 saturated carbocycles. The summed E-state index contributed by atoms with van der Waals surface area (Å²) in [6.07, 6.45) is 0. The molecule has 132 valence electrons. The van der Waals surface area contributed by atoms with Crippen LogP contribution in [0.25, 0.3) is 0 Å². The van der Waals surface area contributed by atoms with Crippen LogP contribution in [0.3, 0.4) is 0 Å². The zero-order valence-electron chi connectivity index (χ0n) is 12.8. The molecule has 2 aromatic rings. The number of benzene rings is 2. The zero-order chi connectivity index (χ0) is 18.7. The van der Waals surface area contributed by atoms with Crippen LogP contribution in [0.15, 0.2) is 33.2 Å². The van der Waals surface area contributed by atoms with Gasteiger partial charge in [0.2, 0.25) is 0 Å². The van der Waals surface area contributed by atoms with E-state index in [-0.39, 0.29) is 5.56 Å². The highest BCUT2D eigenvalue weighted by Gasteiger charge is 2.17. The van der Waals surface area contributed by atoms with Crippen molar-refractivity contribution in [2.75, 3.05) is 11.9 Å². The van der Waals surface area contributed by atoms with Crippen molar-refractivity contribution < 1.29 is 29.6 Å². The summed E-state index contributed by atoms with van der Waals surface area (Å²) < 4.78 is 6.15. The molecule has 0 saturated heterocycles. The molecule has 4 N–H and O–H groups in total. The van der Waals surface area contributed by atoms with E-state index in [4.69, 9.17) is 4.74 Å². The second-order valence-electron chi connectivity index (χ2n) is 5.09. The Morgan fingerprint density at radius 3 is 2.08 bits per heavy atom. The molecule has 0 aliphatic rings. The summed E-state index contributed by atoms with van der Waals surface area (Å²) in [6, 6.07) is 5.47. The number of esters is 1. The van der Waals surface area contributed by atoms with Gasteiger partial charge in [-0.1, -0.05) is 0 Å². The summed E-state index contributed by atoms with van der Waals surface area (Å²) in [4.78, 5) is 23.8. The molecule has 0 radical (unpaired) electrons. The average molecular weight is 475 g/mol. The molecule has 0 spiro atoms. The minimum absolute atomic E-state index is 0.210. The number of halogens is 2. The van der Waals surface area contributed by atoms with Crippen molar-refractivity contribution in [3.8, 4) is 17.2 Å². The Bertz CT molecular complexity index is 807. The van der Waals surface area contributed by atoms with Gasteiger partial charge in [-0.2, -0.15) is 0 Å². The number of ether oxygens (including phenoxy) is 1. The van der Waals surface area contributed by atoms with E-state index in [1.165, 1.54) is 0 Å². The number of anilines is 1. The van der Waals surface area contributed by atoms with Crippen LogP contribution in [-0.4, -0.2) is 33.8 Å². The lowest BCUT2D eigenvalue weighted by Gasteiger charge is -2.11. The van der Waals surface area contributed by atoms with Gasteiger partial charge >= 0.3 is 5.97 Å². The first-order chi connectivity index (χ1) is 11.7. The summed E-state index contributed by atoms with van der Waals surface area (Å²) in [6.45, 7) is 1.32. The van der Waals surface area contributed by atoms with Crippen molar-refractivity contribution >= 4 is 49.4 Å². The van der Waals surface area contributed by atoms with Crippen molar-refractivity contribution in [2.45, 2.75) is 6.92 Å².